The molecule has 0 aromatic carbocycles. The average molecular weight is 1580 g/mol. The number of allylic oxidation sites excluding steroid dienone is 30. The molecule has 0 spiro atoms. The van der Waals surface area contributed by atoms with Crippen LogP contribution in [0.5, 0.6) is 0 Å². The van der Waals surface area contributed by atoms with Gasteiger partial charge in [-0.15, -0.1) is 0 Å². The number of aliphatic hydroxyl groups excluding tert-OH is 1. The molecule has 0 aromatic rings. The molecule has 5 atom stereocenters. The number of unbranched alkanes of at least 4 members (excludes halogenated alkanes) is 21. The molecule has 0 fully saturated rings. The summed E-state index contributed by atoms with van der Waals surface area (Å²) >= 11 is 0. The second-order valence-corrected chi connectivity index (χ2v) is 30.2. The predicted molar refractivity (Wildman–Crippen MR) is 454 cm³/mol. The third-order valence-electron chi connectivity index (χ3n) is 16.8. The van der Waals surface area contributed by atoms with Crippen molar-refractivity contribution in [3.05, 3.63) is 182 Å². The van der Waals surface area contributed by atoms with E-state index in [-0.39, 0.29) is 25.7 Å². The summed E-state index contributed by atoms with van der Waals surface area (Å²) in [5.74, 6) is -2.31. The summed E-state index contributed by atoms with van der Waals surface area (Å²) in [6.07, 6.45) is 98.6. The van der Waals surface area contributed by atoms with Crippen molar-refractivity contribution in [2.75, 3.05) is 39.6 Å². The molecule has 0 aromatic heterocycles. The first-order valence-electron chi connectivity index (χ1n) is 42.0. The van der Waals surface area contributed by atoms with Crippen molar-refractivity contribution in [3.63, 3.8) is 0 Å². The summed E-state index contributed by atoms with van der Waals surface area (Å²) in [5, 5.41) is 10.7. The number of phosphoric ester groups is 2. The summed E-state index contributed by atoms with van der Waals surface area (Å²) in [6.45, 7) is 4.40. The van der Waals surface area contributed by atoms with Crippen molar-refractivity contribution in [1.82, 2.24) is 0 Å². The van der Waals surface area contributed by atoms with E-state index in [4.69, 9.17) is 37.0 Å². The van der Waals surface area contributed by atoms with Gasteiger partial charge in [0.25, 0.3) is 0 Å². The number of hydrogen-bond donors (Lipinski definition) is 3. The van der Waals surface area contributed by atoms with Crippen molar-refractivity contribution in [2.24, 2.45) is 0 Å². The normalized spacial score (nSPS) is 14.7. The van der Waals surface area contributed by atoms with E-state index in [0.29, 0.717) is 32.1 Å². The maximum Gasteiger partial charge on any atom is 0.472 e. The van der Waals surface area contributed by atoms with Gasteiger partial charge in [-0.2, -0.15) is 0 Å². The lowest BCUT2D eigenvalue weighted by Gasteiger charge is -2.21. The summed E-state index contributed by atoms with van der Waals surface area (Å²) in [6, 6.07) is 0. The van der Waals surface area contributed by atoms with Gasteiger partial charge >= 0.3 is 39.5 Å². The van der Waals surface area contributed by atoms with Gasteiger partial charge < -0.3 is 33.8 Å². The number of ether oxygens (including phenoxy) is 4. The van der Waals surface area contributed by atoms with Crippen LogP contribution in [-0.4, -0.2) is 96.7 Å². The maximum atomic E-state index is 13.1. The topological polar surface area (TPSA) is 237 Å². The minimum Gasteiger partial charge on any atom is -0.462 e. The summed E-state index contributed by atoms with van der Waals surface area (Å²) in [5.41, 5.74) is 0. The summed E-state index contributed by atoms with van der Waals surface area (Å²) in [4.78, 5) is 73.2. The predicted octanol–water partition coefficient (Wildman–Crippen LogP) is 25.1. The number of aliphatic hydroxyl groups is 1. The van der Waals surface area contributed by atoms with Crippen LogP contribution in [0.3, 0.4) is 0 Å². The van der Waals surface area contributed by atoms with Gasteiger partial charge in [0.15, 0.2) is 12.2 Å². The van der Waals surface area contributed by atoms with Crippen molar-refractivity contribution >= 4 is 39.5 Å². The van der Waals surface area contributed by atoms with Gasteiger partial charge in [0.1, 0.15) is 19.3 Å². The third-order valence-corrected chi connectivity index (χ3v) is 18.7. The molecule has 5 unspecified atom stereocenters. The fraction of sp³-hybridized carbons (Fsp3) is 0.626. The molecule has 17 nitrogen and oxygen atoms in total. The quantitative estimate of drug-likeness (QED) is 0.0169. The number of rotatable bonds is 77. The Balaban J connectivity index is 5.49. The monoisotopic (exact) mass is 1580 g/mol. The molecular weight excluding hydrogens is 1430 g/mol. The largest absolute Gasteiger partial charge is 0.472 e. The van der Waals surface area contributed by atoms with Crippen molar-refractivity contribution in [3.8, 4) is 0 Å². The third kappa shape index (κ3) is 80.2. The second-order valence-electron chi connectivity index (χ2n) is 27.3. The lowest BCUT2D eigenvalue weighted by Crippen LogP contribution is -2.30. The highest BCUT2D eigenvalue weighted by Crippen LogP contribution is 2.45. The fourth-order valence-corrected chi connectivity index (χ4v) is 12.1. The first-order valence-corrected chi connectivity index (χ1v) is 45.0. The molecule has 0 aliphatic carbocycles. The molecule has 0 amide bonds. The standard InChI is InChI=1S/C91H148O17P2/c1-5-9-13-17-21-25-29-33-37-40-42-45-48-51-55-59-63-67-71-75-88(93)101-81-86(107-90(95)77-73-69-65-61-57-53-47-36-32-28-24-20-16-12-8-4)83-105-109(97,98)103-79-85(92)80-104-110(99,100)106-84-87(108-91(96)78-74-70-66-62-58-54-50-44-39-35-31-27-23-19-15-11-7-3)82-102-89(94)76-72-68-64-60-56-52-49-46-43-41-38-34-30-26-22-18-14-10-6-2/h9-11,13-15,21-23,25-27,33-39,42-43,45-47,50-51,54-55,62,66,85-87,92H,5-8,12,16-20,24,28-32,40-41,44,48-49,52-53,56-61,63-65,67-84H2,1-4H3,(H,97,98)(H,99,100)/b13-9-,14-10-,15-11-,25-21-,26-22-,27-23-,37-33-,38-34-,39-35-,45-42-,46-43-,47-36-,54-50-,55-51-,66-62-. The Labute approximate surface area is 666 Å². The zero-order valence-corrected chi connectivity index (χ0v) is 70.1. The van der Waals surface area contributed by atoms with Crippen LogP contribution >= 0.6 is 15.6 Å². The Morgan fingerprint density at radius 1 is 0.264 bits per heavy atom. The van der Waals surface area contributed by atoms with Crippen molar-refractivity contribution in [1.29, 1.82) is 0 Å². The number of esters is 4. The second kappa shape index (κ2) is 81.2. The van der Waals surface area contributed by atoms with E-state index in [2.05, 4.69) is 198 Å². The minimum atomic E-state index is -5.01. The molecule has 0 saturated carbocycles. The lowest BCUT2D eigenvalue weighted by molar-refractivity contribution is -0.161. The van der Waals surface area contributed by atoms with Crippen molar-refractivity contribution in [2.45, 2.75) is 329 Å². The van der Waals surface area contributed by atoms with Gasteiger partial charge in [-0.3, -0.25) is 37.3 Å². The molecule has 0 heterocycles. The number of carbonyl (C=O) groups excluding carboxylic acids is 4. The first-order chi connectivity index (χ1) is 53.7. The van der Waals surface area contributed by atoms with E-state index in [0.717, 1.165) is 186 Å². The van der Waals surface area contributed by atoms with Crippen LogP contribution in [0.15, 0.2) is 182 Å². The Kier molecular flexibility index (Phi) is 76.9. The molecule has 0 aliphatic heterocycles. The molecule has 0 aliphatic rings. The number of phosphoric acid groups is 2. The van der Waals surface area contributed by atoms with Crippen LogP contribution < -0.4 is 0 Å². The van der Waals surface area contributed by atoms with Gasteiger partial charge in [0.05, 0.1) is 26.4 Å². The smallest absolute Gasteiger partial charge is 0.462 e. The highest BCUT2D eigenvalue weighted by molar-refractivity contribution is 7.47. The average Bonchev–Trinajstić information content (AvgIpc) is 0.899. The molecule has 0 bridgehead atoms. The fourth-order valence-electron chi connectivity index (χ4n) is 10.6. The van der Waals surface area contributed by atoms with Crippen LogP contribution in [-0.2, 0) is 65.4 Å². The maximum absolute atomic E-state index is 13.1. The van der Waals surface area contributed by atoms with Crippen LogP contribution in [0.1, 0.15) is 310 Å². The highest BCUT2D eigenvalue weighted by Gasteiger charge is 2.30. The van der Waals surface area contributed by atoms with E-state index >= 15 is 0 Å². The van der Waals surface area contributed by atoms with E-state index in [1.54, 1.807) is 0 Å². The van der Waals surface area contributed by atoms with Crippen LogP contribution in [0.25, 0.3) is 0 Å². The molecule has 0 saturated heterocycles. The SMILES string of the molecule is CC/C=C\C/C=C\C/C=C\C/C=C\C/C=C\CCCCCC(=O)OCC(COP(=O)(O)OCC(O)COP(=O)(O)OCC(COC(=O)CCCCCCCC/C=C\C/C=C\C/C=C\C/C=C\CC)OC(=O)CCC/C=C\C/C=C\C/C=C\C/C=C\C/C=C\CC)OC(=O)CCCCCCC/C=C\CCCCCCCC. The van der Waals surface area contributed by atoms with Crippen molar-refractivity contribution < 1.29 is 80.2 Å². The first kappa shape index (κ1) is 104. The number of carbonyl (C=O) groups is 4. The molecule has 624 valence electrons. The minimum absolute atomic E-state index is 0.00578. The molecule has 19 heteroatoms. The van der Waals surface area contributed by atoms with E-state index < -0.39 is 97.5 Å². The van der Waals surface area contributed by atoms with Crippen LogP contribution in [0, 0.1) is 0 Å². The van der Waals surface area contributed by atoms with Gasteiger partial charge in [0, 0.05) is 25.7 Å². The molecule has 0 rings (SSSR count). The van der Waals surface area contributed by atoms with Gasteiger partial charge in [-0.1, -0.05) is 293 Å². The van der Waals surface area contributed by atoms with Crippen LogP contribution in [0.4, 0.5) is 0 Å². The molecule has 110 heavy (non-hydrogen) atoms. The summed E-state index contributed by atoms with van der Waals surface area (Å²) in [7, 11) is -10.0. The van der Waals surface area contributed by atoms with E-state index in [1.165, 1.54) is 38.5 Å². The van der Waals surface area contributed by atoms with Gasteiger partial charge in [0.2, 0.25) is 0 Å². The zero-order chi connectivity index (χ0) is 80.3. The van der Waals surface area contributed by atoms with Crippen LogP contribution in [0.2, 0.25) is 0 Å². The lowest BCUT2D eigenvalue weighted by atomic mass is 10.1. The Morgan fingerprint density at radius 2 is 0.482 bits per heavy atom. The van der Waals surface area contributed by atoms with Gasteiger partial charge in [-0.25, -0.2) is 9.13 Å². The van der Waals surface area contributed by atoms with Gasteiger partial charge in [-0.05, 0) is 173 Å². The molecule has 0 radical (unpaired) electrons. The molecule has 3 N–H and O–H groups in total. The zero-order valence-electron chi connectivity index (χ0n) is 68.4. The summed E-state index contributed by atoms with van der Waals surface area (Å²) < 4.78 is 68.7. The Morgan fingerprint density at radius 3 is 0.782 bits per heavy atom. The van der Waals surface area contributed by atoms with E-state index in [1.807, 2.05) is 12.2 Å². The Bertz CT molecular complexity index is 2800. The number of hydrogen-bond acceptors (Lipinski definition) is 15. The Hall–Kier alpha value is -5.84. The molecular formula is C91H148O17P2. The highest BCUT2D eigenvalue weighted by atomic mass is 31.2. The van der Waals surface area contributed by atoms with E-state index in [9.17, 15) is 43.2 Å².